The predicted molar refractivity (Wildman–Crippen MR) is 172 cm³/mol. The van der Waals surface area contributed by atoms with Crippen molar-refractivity contribution in [1.29, 1.82) is 0 Å². The maximum atomic E-state index is 13.7. The van der Waals surface area contributed by atoms with Gasteiger partial charge in [0, 0.05) is 5.56 Å². The van der Waals surface area contributed by atoms with E-state index >= 15 is 0 Å². The smallest absolute Gasteiger partial charge is 0.262 e. The average Bonchev–Trinajstić information content (AvgIpc) is 3.04. The Hall–Kier alpha value is -5.23. The van der Waals surface area contributed by atoms with Crippen LogP contribution in [0.5, 0.6) is 5.75 Å². The number of nitrogens with zero attached hydrogens (tertiary/aromatic N) is 1. The molecule has 0 fully saturated rings. The summed E-state index contributed by atoms with van der Waals surface area (Å²) in [6.07, 6.45) is 1.61. The van der Waals surface area contributed by atoms with Gasteiger partial charge in [-0.05, 0) is 39.4 Å². The van der Waals surface area contributed by atoms with Gasteiger partial charge in [-0.1, -0.05) is 135 Å². The van der Waals surface area contributed by atoms with E-state index in [4.69, 9.17) is 4.74 Å². The maximum Gasteiger partial charge on any atom is 0.262 e. The number of fused-ring (bicyclic) bond motifs is 1. The van der Waals surface area contributed by atoms with Crippen molar-refractivity contribution in [1.82, 2.24) is 10.7 Å². The van der Waals surface area contributed by atoms with Crippen molar-refractivity contribution in [3.05, 3.63) is 150 Å². The number of ether oxygens (including phenoxy) is 1. The second-order valence-corrected chi connectivity index (χ2v) is 10.7. The van der Waals surface area contributed by atoms with Crippen LogP contribution in [0.15, 0.2) is 132 Å². The molecule has 6 nitrogen and oxygen atoms in total. The molecule has 0 bridgehead atoms. The first-order valence-corrected chi connectivity index (χ1v) is 14.4. The zero-order chi connectivity index (χ0) is 30.0. The summed E-state index contributed by atoms with van der Waals surface area (Å²) >= 11 is 0. The molecule has 0 heterocycles. The van der Waals surface area contributed by atoms with Crippen molar-refractivity contribution in [3.63, 3.8) is 0 Å². The van der Waals surface area contributed by atoms with Gasteiger partial charge in [0.05, 0.1) is 12.1 Å². The maximum absolute atomic E-state index is 13.7. The van der Waals surface area contributed by atoms with Gasteiger partial charge in [0.25, 0.3) is 5.91 Å². The van der Waals surface area contributed by atoms with Crippen molar-refractivity contribution in [2.45, 2.75) is 32.4 Å². The van der Waals surface area contributed by atoms with Gasteiger partial charge in [-0.3, -0.25) is 9.59 Å². The third-order valence-corrected chi connectivity index (χ3v) is 7.31. The molecule has 1 unspecified atom stereocenters. The number of hydrogen-bond donors (Lipinski definition) is 2. The van der Waals surface area contributed by atoms with E-state index in [1.807, 2.05) is 141 Å². The van der Waals surface area contributed by atoms with Crippen molar-refractivity contribution in [3.8, 4) is 5.75 Å². The molecule has 0 radical (unpaired) electrons. The highest BCUT2D eigenvalue weighted by Crippen LogP contribution is 2.28. The Labute approximate surface area is 252 Å². The van der Waals surface area contributed by atoms with Crippen LogP contribution < -0.4 is 15.5 Å². The number of rotatable bonds is 11. The summed E-state index contributed by atoms with van der Waals surface area (Å²) in [5.74, 6) is -0.719. The van der Waals surface area contributed by atoms with Crippen LogP contribution in [0.3, 0.4) is 0 Å². The third-order valence-electron chi connectivity index (χ3n) is 7.31. The van der Waals surface area contributed by atoms with E-state index in [1.54, 1.807) is 6.21 Å². The fourth-order valence-electron chi connectivity index (χ4n) is 5.06. The third kappa shape index (κ3) is 7.35. The van der Waals surface area contributed by atoms with E-state index in [0.29, 0.717) is 12.4 Å². The van der Waals surface area contributed by atoms with Crippen molar-refractivity contribution in [2.24, 2.45) is 11.0 Å². The minimum absolute atomic E-state index is 0.173. The molecule has 5 rings (SSSR count). The van der Waals surface area contributed by atoms with Crippen molar-refractivity contribution < 1.29 is 14.3 Å². The van der Waals surface area contributed by atoms with Crippen LogP contribution in [0.25, 0.3) is 10.8 Å². The normalized spacial score (nSPS) is 12.0. The van der Waals surface area contributed by atoms with Gasteiger partial charge in [-0.2, -0.15) is 5.10 Å². The molecule has 0 saturated heterocycles. The zero-order valence-corrected chi connectivity index (χ0v) is 24.3. The SMILES string of the molecule is CC(C)C(NC(=O)C(c1ccccc1)c1ccccc1)C(=O)NN=Cc1c(OCc2ccccc2)ccc2ccccc12. The second kappa shape index (κ2) is 14.1. The summed E-state index contributed by atoms with van der Waals surface area (Å²) in [5.41, 5.74) is 6.17. The summed E-state index contributed by atoms with van der Waals surface area (Å²) < 4.78 is 6.18. The molecule has 0 aliphatic rings. The lowest BCUT2D eigenvalue weighted by Crippen LogP contribution is -2.50. The summed E-state index contributed by atoms with van der Waals surface area (Å²) in [6, 6.07) is 40.2. The van der Waals surface area contributed by atoms with Gasteiger partial charge in [-0.25, -0.2) is 5.43 Å². The summed E-state index contributed by atoms with van der Waals surface area (Å²) in [6.45, 7) is 4.20. The molecule has 6 heteroatoms. The van der Waals surface area contributed by atoms with E-state index in [2.05, 4.69) is 15.8 Å². The van der Waals surface area contributed by atoms with Gasteiger partial charge in [0.15, 0.2) is 0 Å². The lowest BCUT2D eigenvalue weighted by atomic mass is 9.89. The predicted octanol–water partition coefficient (Wildman–Crippen LogP) is 6.84. The van der Waals surface area contributed by atoms with Crippen LogP contribution in [-0.2, 0) is 16.2 Å². The van der Waals surface area contributed by atoms with Crippen LogP contribution in [0.1, 0.15) is 42.0 Å². The monoisotopic (exact) mass is 569 g/mol. The van der Waals surface area contributed by atoms with E-state index in [-0.39, 0.29) is 11.8 Å². The highest BCUT2D eigenvalue weighted by atomic mass is 16.5. The molecule has 43 heavy (non-hydrogen) atoms. The molecule has 0 spiro atoms. The van der Waals surface area contributed by atoms with Crippen LogP contribution >= 0.6 is 0 Å². The van der Waals surface area contributed by atoms with Gasteiger partial charge in [-0.15, -0.1) is 0 Å². The first kappa shape index (κ1) is 29.3. The number of benzene rings is 5. The molecule has 0 aliphatic heterocycles. The minimum atomic E-state index is -0.791. The Morgan fingerprint density at radius 1 is 0.721 bits per heavy atom. The molecule has 0 aliphatic carbocycles. The van der Waals surface area contributed by atoms with Crippen LogP contribution in [0, 0.1) is 5.92 Å². The summed E-state index contributed by atoms with van der Waals surface area (Å²) in [4.78, 5) is 27.1. The van der Waals surface area contributed by atoms with Crippen LogP contribution in [-0.4, -0.2) is 24.1 Å². The summed E-state index contributed by atoms with van der Waals surface area (Å²) in [7, 11) is 0. The number of nitrogens with one attached hydrogen (secondary N) is 2. The Balaban J connectivity index is 1.34. The van der Waals surface area contributed by atoms with Crippen LogP contribution in [0.2, 0.25) is 0 Å². The Kier molecular flexibility index (Phi) is 9.60. The molecule has 1 atom stereocenters. The average molecular weight is 570 g/mol. The number of hydrogen-bond acceptors (Lipinski definition) is 4. The second-order valence-electron chi connectivity index (χ2n) is 10.7. The van der Waals surface area contributed by atoms with Gasteiger partial charge in [0.1, 0.15) is 18.4 Å². The lowest BCUT2D eigenvalue weighted by Gasteiger charge is -2.24. The number of amides is 2. The topological polar surface area (TPSA) is 79.8 Å². The summed E-state index contributed by atoms with van der Waals surface area (Å²) in [5, 5.41) is 9.30. The Bertz CT molecular complexity index is 1650. The van der Waals surface area contributed by atoms with Crippen molar-refractivity contribution >= 4 is 28.8 Å². The first-order valence-electron chi connectivity index (χ1n) is 14.4. The van der Waals surface area contributed by atoms with Gasteiger partial charge >= 0.3 is 0 Å². The number of hydrazone groups is 1. The minimum Gasteiger partial charge on any atom is -0.488 e. The molecule has 5 aromatic carbocycles. The fourth-order valence-corrected chi connectivity index (χ4v) is 5.06. The highest BCUT2D eigenvalue weighted by Gasteiger charge is 2.29. The van der Waals surface area contributed by atoms with E-state index in [0.717, 1.165) is 33.0 Å². The van der Waals surface area contributed by atoms with Crippen LogP contribution in [0.4, 0.5) is 0 Å². The molecule has 216 valence electrons. The molecular weight excluding hydrogens is 534 g/mol. The van der Waals surface area contributed by atoms with E-state index in [9.17, 15) is 9.59 Å². The van der Waals surface area contributed by atoms with E-state index < -0.39 is 17.9 Å². The molecule has 2 amide bonds. The fraction of sp³-hybridized carbons (Fsp3) is 0.162. The Morgan fingerprint density at radius 2 is 1.30 bits per heavy atom. The van der Waals surface area contributed by atoms with Gasteiger partial charge < -0.3 is 10.1 Å². The van der Waals surface area contributed by atoms with E-state index in [1.165, 1.54) is 0 Å². The molecule has 0 saturated carbocycles. The quantitative estimate of drug-likeness (QED) is 0.135. The number of carbonyl (C=O) groups is 2. The highest BCUT2D eigenvalue weighted by molar-refractivity contribution is 6.03. The molecule has 0 aromatic heterocycles. The largest absolute Gasteiger partial charge is 0.488 e. The molecular formula is C37H35N3O3. The van der Waals surface area contributed by atoms with Crippen molar-refractivity contribution in [2.75, 3.05) is 0 Å². The number of carbonyl (C=O) groups excluding carboxylic acids is 2. The Morgan fingerprint density at radius 3 is 1.93 bits per heavy atom. The standard InChI is InChI=1S/C37H35N3O3/c1-26(2)35(39-36(41)34(29-17-8-4-9-18-29)30-19-10-5-11-20-30)37(42)40-38-24-32-31-21-13-12-16-28(31)22-23-33(32)43-25-27-14-6-3-7-15-27/h3-24,26,34-35H,25H2,1-2H3,(H,39,41)(H,40,42). The zero-order valence-electron chi connectivity index (χ0n) is 24.3. The van der Waals surface area contributed by atoms with Gasteiger partial charge in [0.2, 0.25) is 5.91 Å². The first-order chi connectivity index (χ1) is 21.0. The molecule has 5 aromatic rings. The molecule has 2 N–H and O–H groups in total. The lowest BCUT2D eigenvalue weighted by molar-refractivity contribution is -0.130.